The summed E-state index contributed by atoms with van der Waals surface area (Å²) in [6, 6.07) is 20.5. The van der Waals surface area contributed by atoms with Crippen LogP contribution >= 0.6 is 0 Å². The van der Waals surface area contributed by atoms with E-state index < -0.39 is 10.0 Å². The standard InChI is InChI=1S/C25H28N2O4S/c1-5-23(20-13-16-24(31-4)18(2)17-20)26-25(28)19-11-14-21(15-12-19)27(3)32(29,30)22-9-7-6-8-10-22/h6-17,23H,5H2,1-4H3,(H,26,28)/t23-/m0/s1. The molecule has 0 heterocycles. The van der Waals surface area contributed by atoms with Crippen molar-refractivity contribution in [2.45, 2.75) is 31.2 Å². The van der Waals surface area contributed by atoms with Gasteiger partial charge in [0.1, 0.15) is 5.75 Å². The molecule has 0 spiro atoms. The number of sulfonamides is 1. The van der Waals surface area contributed by atoms with Crippen LogP contribution in [0, 0.1) is 6.92 Å². The van der Waals surface area contributed by atoms with Gasteiger partial charge in [0.2, 0.25) is 0 Å². The fraction of sp³-hybridized carbons (Fsp3) is 0.240. The van der Waals surface area contributed by atoms with Gasteiger partial charge in [0, 0.05) is 12.6 Å². The Kier molecular flexibility index (Phi) is 7.20. The molecule has 7 heteroatoms. The molecular formula is C25H28N2O4S. The molecule has 0 fully saturated rings. The molecule has 0 aromatic heterocycles. The predicted molar refractivity (Wildman–Crippen MR) is 127 cm³/mol. The van der Waals surface area contributed by atoms with Gasteiger partial charge in [-0.3, -0.25) is 9.10 Å². The number of methoxy groups -OCH3 is 1. The van der Waals surface area contributed by atoms with Crippen molar-refractivity contribution in [1.29, 1.82) is 0 Å². The van der Waals surface area contributed by atoms with Crippen molar-refractivity contribution in [3.05, 3.63) is 89.5 Å². The molecule has 0 aliphatic rings. The van der Waals surface area contributed by atoms with Crippen LogP contribution in [0.15, 0.2) is 77.7 Å². The lowest BCUT2D eigenvalue weighted by molar-refractivity contribution is 0.0935. The van der Waals surface area contributed by atoms with Crippen molar-refractivity contribution in [1.82, 2.24) is 5.32 Å². The largest absolute Gasteiger partial charge is 0.496 e. The molecule has 3 aromatic rings. The highest BCUT2D eigenvalue weighted by Gasteiger charge is 2.21. The molecule has 0 bridgehead atoms. The Morgan fingerprint density at radius 3 is 2.25 bits per heavy atom. The summed E-state index contributed by atoms with van der Waals surface area (Å²) in [7, 11) is -0.543. The Labute approximate surface area is 189 Å². The summed E-state index contributed by atoms with van der Waals surface area (Å²) in [5.74, 6) is 0.588. The fourth-order valence-corrected chi connectivity index (χ4v) is 4.71. The molecule has 168 valence electrons. The van der Waals surface area contributed by atoms with Gasteiger partial charge >= 0.3 is 0 Å². The molecule has 0 aliphatic carbocycles. The van der Waals surface area contributed by atoms with Gasteiger partial charge in [-0.25, -0.2) is 8.42 Å². The Balaban J connectivity index is 1.75. The van der Waals surface area contributed by atoms with Crippen LogP contribution in [0.4, 0.5) is 5.69 Å². The lowest BCUT2D eigenvalue weighted by Gasteiger charge is -2.21. The van der Waals surface area contributed by atoms with E-state index >= 15 is 0 Å². The monoisotopic (exact) mass is 452 g/mol. The normalized spacial score (nSPS) is 12.1. The summed E-state index contributed by atoms with van der Waals surface area (Å²) in [6.45, 7) is 3.98. The van der Waals surface area contributed by atoms with E-state index in [4.69, 9.17) is 4.74 Å². The third-order valence-electron chi connectivity index (χ3n) is 5.43. The third kappa shape index (κ3) is 4.94. The van der Waals surface area contributed by atoms with Crippen LogP contribution in [0.2, 0.25) is 0 Å². The van der Waals surface area contributed by atoms with Crippen LogP contribution < -0.4 is 14.4 Å². The van der Waals surface area contributed by atoms with Crippen LogP contribution in [0.3, 0.4) is 0 Å². The van der Waals surface area contributed by atoms with Gasteiger partial charge < -0.3 is 10.1 Å². The highest BCUT2D eigenvalue weighted by atomic mass is 32.2. The molecule has 1 N–H and O–H groups in total. The zero-order chi connectivity index (χ0) is 23.3. The fourth-order valence-electron chi connectivity index (χ4n) is 3.49. The molecule has 0 saturated carbocycles. The molecule has 0 radical (unpaired) electrons. The second-order valence-corrected chi connectivity index (χ2v) is 9.47. The summed E-state index contributed by atoms with van der Waals surface area (Å²) in [5.41, 5.74) is 2.94. The molecule has 3 aromatic carbocycles. The lowest BCUT2D eigenvalue weighted by Crippen LogP contribution is -2.29. The van der Waals surface area contributed by atoms with E-state index in [1.54, 1.807) is 61.7 Å². The van der Waals surface area contributed by atoms with E-state index in [9.17, 15) is 13.2 Å². The highest BCUT2D eigenvalue weighted by Crippen LogP contribution is 2.25. The zero-order valence-corrected chi connectivity index (χ0v) is 19.5. The minimum atomic E-state index is -3.67. The summed E-state index contributed by atoms with van der Waals surface area (Å²) in [5, 5.41) is 3.06. The molecule has 6 nitrogen and oxygen atoms in total. The molecule has 0 saturated heterocycles. The van der Waals surface area contributed by atoms with Gasteiger partial charge in [0.25, 0.3) is 15.9 Å². The third-order valence-corrected chi connectivity index (χ3v) is 7.23. The number of hydrogen-bond donors (Lipinski definition) is 1. The molecule has 0 unspecified atom stereocenters. The van der Waals surface area contributed by atoms with Crippen LogP contribution in [0.25, 0.3) is 0 Å². The van der Waals surface area contributed by atoms with E-state index in [0.717, 1.165) is 23.3 Å². The molecular weight excluding hydrogens is 424 g/mol. The second kappa shape index (κ2) is 9.87. The first-order valence-electron chi connectivity index (χ1n) is 10.4. The van der Waals surface area contributed by atoms with Gasteiger partial charge in [-0.15, -0.1) is 0 Å². The number of carbonyl (C=O) groups excluding carboxylic acids is 1. The summed E-state index contributed by atoms with van der Waals surface area (Å²) < 4.78 is 32.1. The maximum atomic E-state index is 12.8. The van der Waals surface area contributed by atoms with E-state index in [1.165, 1.54) is 11.4 Å². The highest BCUT2D eigenvalue weighted by molar-refractivity contribution is 7.92. The quantitative estimate of drug-likeness (QED) is 0.537. The average Bonchev–Trinajstić information content (AvgIpc) is 2.82. The average molecular weight is 453 g/mol. The van der Waals surface area contributed by atoms with Gasteiger partial charge in [-0.05, 0) is 66.9 Å². The number of aryl methyl sites for hydroxylation is 1. The van der Waals surface area contributed by atoms with Crippen molar-refractivity contribution >= 4 is 21.6 Å². The Bertz CT molecular complexity index is 1180. The van der Waals surface area contributed by atoms with Crippen molar-refractivity contribution < 1.29 is 17.9 Å². The Hall–Kier alpha value is -3.32. The van der Waals surface area contributed by atoms with E-state index in [1.807, 2.05) is 32.0 Å². The molecule has 1 atom stereocenters. The summed E-state index contributed by atoms with van der Waals surface area (Å²) in [6.07, 6.45) is 0.730. The van der Waals surface area contributed by atoms with E-state index in [2.05, 4.69) is 5.32 Å². The Morgan fingerprint density at radius 1 is 1.03 bits per heavy atom. The van der Waals surface area contributed by atoms with Crippen molar-refractivity contribution in [3.63, 3.8) is 0 Å². The first kappa shape index (κ1) is 23.3. The number of hydrogen-bond acceptors (Lipinski definition) is 4. The van der Waals surface area contributed by atoms with E-state index in [-0.39, 0.29) is 16.8 Å². The maximum absolute atomic E-state index is 12.8. The van der Waals surface area contributed by atoms with Crippen molar-refractivity contribution in [2.75, 3.05) is 18.5 Å². The zero-order valence-electron chi connectivity index (χ0n) is 18.7. The molecule has 32 heavy (non-hydrogen) atoms. The topological polar surface area (TPSA) is 75.7 Å². The van der Waals surface area contributed by atoms with Crippen LogP contribution in [-0.4, -0.2) is 28.5 Å². The second-order valence-electron chi connectivity index (χ2n) is 7.50. The van der Waals surface area contributed by atoms with Crippen LogP contribution in [0.1, 0.15) is 40.9 Å². The SMILES string of the molecule is CC[C@H](NC(=O)c1ccc(N(C)S(=O)(=O)c2ccccc2)cc1)c1ccc(OC)c(C)c1. The predicted octanol–water partition coefficient (Wildman–Crippen LogP) is 4.71. The first-order valence-corrected chi connectivity index (χ1v) is 11.8. The lowest BCUT2D eigenvalue weighted by atomic mass is 10.0. The number of benzene rings is 3. The molecule has 3 rings (SSSR count). The summed E-state index contributed by atoms with van der Waals surface area (Å²) >= 11 is 0. The van der Waals surface area contributed by atoms with Gasteiger partial charge in [0.15, 0.2) is 0 Å². The molecule has 0 aliphatic heterocycles. The number of anilines is 1. The van der Waals surface area contributed by atoms with Crippen LogP contribution in [0.5, 0.6) is 5.75 Å². The van der Waals surface area contributed by atoms with E-state index in [0.29, 0.717) is 11.3 Å². The number of nitrogens with one attached hydrogen (secondary N) is 1. The minimum absolute atomic E-state index is 0.145. The number of rotatable bonds is 8. The van der Waals surface area contributed by atoms with Gasteiger partial charge in [-0.1, -0.05) is 37.3 Å². The first-order chi connectivity index (χ1) is 15.3. The molecule has 1 amide bonds. The number of ether oxygens (including phenoxy) is 1. The summed E-state index contributed by atoms with van der Waals surface area (Å²) in [4.78, 5) is 13.0. The smallest absolute Gasteiger partial charge is 0.264 e. The van der Waals surface area contributed by atoms with Crippen molar-refractivity contribution in [2.24, 2.45) is 0 Å². The van der Waals surface area contributed by atoms with Gasteiger partial charge in [-0.2, -0.15) is 0 Å². The minimum Gasteiger partial charge on any atom is -0.496 e. The Morgan fingerprint density at radius 2 is 1.69 bits per heavy atom. The number of nitrogens with zero attached hydrogens (tertiary/aromatic N) is 1. The van der Waals surface area contributed by atoms with Gasteiger partial charge in [0.05, 0.1) is 23.7 Å². The number of amides is 1. The number of carbonyl (C=O) groups is 1. The van der Waals surface area contributed by atoms with Crippen LogP contribution in [-0.2, 0) is 10.0 Å². The maximum Gasteiger partial charge on any atom is 0.264 e. The van der Waals surface area contributed by atoms with Crippen molar-refractivity contribution in [3.8, 4) is 5.75 Å².